The van der Waals surface area contributed by atoms with Gasteiger partial charge >= 0.3 is 5.97 Å². The van der Waals surface area contributed by atoms with Crippen molar-refractivity contribution >= 4 is 87.2 Å². The molecule has 0 aromatic rings. The van der Waals surface area contributed by atoms with E-state index >= 15 is 0 Å². The molecule has 23 heavy (non-hydrogen) atoms. The Hall–Kier alpha value is 1.42. The van der Waals surface area contributed by atoms with Crippen LogP contribution in [0.2, 0.25) is 0 Å². The zero-order valence-corrected chi connectivity index (χ0v) is 16.0. The van der Waals surface area contributed by atoms with E-state index in [0.717, 1.165) is 0 Å². The summed E-state index contributed by atoms with van der Waals surface area (Å²) in [5.74, 6) is -3.01. The Bertz CT molecular complexity index is 749. The maximum atomic E-state index is 12.1. The van der Waals surface area contributed by atoms with Crippen LogP contribution in [0.5, 0.6) is 0 Å². The number of carboxylic acids is 1. The van der Waals surface area contributed by atoms with E-state index in [9.17, 15) is 9.90 Å². The summed E-state index contributed by atoms with van der Waals surface area (Å²) in [7, 11) is 0. The van der Waals surface area contributed by atoms with E-state index in [1.807, 2.05) is 0 Å². The van der Waals surface area contributed by atoms with Crippen LogP contribution in [0, 0.1) is 5.41 Å². The van der Waals surface area contributed by atoms with Crippen LogP contribution in [0.4, 0.5) is 0 Å². The van der Waals surface area contributed by atoms with Gasteiger partial charge in [-0.3, -0.25) is 4.79 Å². The number of carboxylic acid groups (broad SMARTS) is 1. The van der Waals surface area contributed by atoms with Crippen molar-refractivity contribution in [1.82, 2.24) is 0 Å². The molecule has 0 amide bonds. The van der Waals surface area contributed by atoms with Gasteiger partial charge in [-0.2, -0.15) is 0 Å². The summed E-state index contributed by atoms with van der Waals surface area (Å²) in [5, 5.41) is 9.89. The van der Waals surface area contributed by atoms with E-state index in [1.54, 1.807) is 0 Å². The Morgan fingerprint density at radius 1 is 0.696 bits per heavy atom. The van der Waals surface area contributed by atoms with E-state index in [4.69, 9.17) is 90.7 Å². The molecule has 0 aromatic carbocycles. The van der Waals surface area contributed by atoms with Crippen molar-refractivity contribution in [3.63, 3.8) is 0 Å². The van der Waals surface area contributed by atoms with Crippen LogP contribution in [0.1, 0.15) is 0 Å². The van der Waals surface area contributed by atoms with Gasteiger partial charge < -0.3 is 14.6 Å². The van der Waals surface area contributed by atoms with Gasteiger partial charge in [0.1, 0.15) is 39.5 Å². The summed E-state index contributed by atoms with van der Waals surface area (Å²) in [6, 6.07) is 0. The van der Waals surface area contributed by atoms with Gasteiger partial charge in [-0.05, 0) is 0 Å². The fraction of sp³-hybridized carbons (Fsp3) is 0.917. The first kappa shape index (κ1) is 15.5. The Morgan fingerprint density at radius 2 is 1.04 bits per heavy atom. The average molecular weight is 461 g/mol. The molecule has 6 saturated carbocycles. The van der Waals surface area contributed by atoms with Gasteiger partial charge in [-0.25, -0.2) is 0 Å². The lowest BCUT2D eigenvalue weighted by Crippen LogP contribution is -3.26. The van der Waals surface area contributed by atoms with E-state index in [1.165, 1.54) is 0 Å². The molecule has 4 atom stereocenters. The molecule has 1 saturated heterocycles. The van der Waals surface area contributed by atoms with Crippen molar-refractivity contribution in [2.24, 2.45) is 5.41 Å². The van der Waals surface area contributed by atoms with Crippen LogP contribution in [-0.4, -0.2) is 64.2 Å². The Balaban J connectivity index is 1.81. The summed E-state index contributed by atoms with van der Waals surface area (Å²) in [4.78, 5) is 0.310. The van der Waals surface area contributed by atoms with Gasteiger partial charge in [0, 0.05) is 0 Å². The lowest BCUT2D eigenvalue weighted by molar-refractivity contribution is -0.332. The Kier molecular flexibility index (Phi) is 2.03. The van der Waals surface area contributed by atoms with E-state index in [0.29, 0.717) is 0 Å². The van der Waals surface area contributed by atoms with Gasteiger partial charge in [0.05, 0.1) is 13.2 Å². The van der Waals surface area contributed by atoms with E-state index in [2.05, 4.69) is 0 Å². The fourth-order valence-electron chi connectivity index (χ4n) is 7.02. The minimum Gasteiger partial charge on any atom is -0.481 e. The normalized spacial score (nSPS) is 77.0. The number of hydrogen-bond acceptors (Lipinski definition) is 3. The molecule has 126 valence electrons. The highest BCUT2D eigenvalue weighted by Gasteiger charge is 3.38. The number of halogens is 7. The molecule has 1 aliphatic heterocycles. The van der Waals surface area contributed by atoms with E-state index in [-0.39, 0.29) is 13.2 Å². The van der Waals surface area contributed by atoms with Crippen molar-refractivity contribution in [1.29, 1.82) is 0 Å². The van der Waals surface area contributed by atoms with Crippen LogP contribution in [0.25, 0.3) is 0 Å². The predicted molar refractivity (Wildman–Crippen MR) is 84.8 cm³/mol. The molecular weight excluding hydrogens is 456 g/mol. The highest BCUT2D eigenvalue weighted by molar-refractivity contribution is 6.72. The van der Waals surface area contributed by atoms with Gasteiger partial charge in [0.2, 0.25) is 5.79 Å². The molecular formula is C12H5Cl7O4. The highest BCUT2D eigenvalue weighted by Crippen LogP contribution is 3.17. The predicted octanol–water partition coefficient (Wildman–Crippen LogP) is 2.71. The minimum atomic E-state index is -1.82. The molecule has 0 radical (unpaired) electrons. The van der Waals surface area contributed by atoms with Gasteiger partial charge in [-0.1, -0.05) is 0 Å². The molecule has 7 aliphatic rings. The van der Waals surface area contributed by atoms with Crippen molar-refractivity contribution in [2.75, 3.05) is 13.2 Å². The molecule has 0 unspecified atom stereocenters. The molecule has 2 bridgehead atoms. The third kappa shape index (κ3) is 0.604. The topological polar surface area (TPSA) is 55.8 Å². The molecule has 0 aromatic heterocycles. The van der Waals surface area contributed by atoms with Crippen molar-refractivity contribution in [2.45, 2.75) is 39.9 Å². The molecule has 1 heterocycles. The quantitative estimate of drug-likeness (QED) is 0.611. The van der Waals surface area contributed by atoms with Gasteiger partial charge in [-0.15, -0.1) is 81.2 Å². The maximum Gasteiger partial charge on any atom is 0.315 e. The Labute approximate surface area is 164 Å². The number of ether oxygens (including phenoxy) is 2. The molecule has 11 heteroatoms. The summed E-state index contributed by atoms with van der Waals surface area (Å²) in [5.41, 5.74) is -1.82. The smallest absolute Gasteiger partial charge is 0.315 e. The largest absolute Gasteiger partial charge is 0.481 e. The highest BCUT2D eigenvalue weighted by atomic mass is 35.5. The van der Waals surface area contributed by atoms with E-state index < -0.39 is 51.3 Å². The third-order valence-corrected chi connectivity index (χ3v) is 13.9. The van der Waals surface area contributed by atoms with Crippen molar-refractivity contribution in [3.05, 3.63) is 0 Å². The van der Waals surface area contributed by atoms with Crippen LogP contribution < -0.4 is 0 Å². The number of aliphatic carboxylic acids is 1. The molecule has 7 rings (SSSR count). The summed E-state index contributed by atoms with van der Waals surface area (Å²) in [6.07, 6.45) is 0. The zero-order chi connectivity index (χ0) is 16.9. The standard InChI is InChI=1S/C12H5Cl7O4/c13-5-4(3(20)21)6(14)8(5,16)11(19)9(5,17)7(4,15)10(6,18)12(11)22-1-2-23-12/h1-2H2,(H,20,21)/t4?,5?,6-,7-,8-,9-,10?,11?/m1/s1. The number of hydrogen-bond donors (Lipinski definition) is 1. The second kappa shape index (κ2) is 3.02. The van der Waals surface area contributed by atoms with Crippen LogP contribution >= 0.6 is 81.2 Å². The first-order valence-corrected chi connectivity index (χ1v) is 9.38. The monoisotopic (exact) mass is 458 g/mol. The van der Waals surface area contributed by atoms with Crippen LogP contribution in [0.3, 0.4) is 0 Å². The summed E-state index contributed by atoms with van der Waals surface area (Å²) < 4.78 is 11.5. The van der Waals surface area contributed by atoms with Gasteiger partial charge in [0.25, 0.3) is 0 Å². The first-order valence-electron chi connectivity index (χ1n) is 6.74. The number of rotatable bonds is 1. The minimum absolute atomic E-state index is 0.179. The number of alkyl halides is 7. The lowest BCUT2D eigenvalue weighted by Gasteiger charge is -3.03. The first-order chi connectivity index (χ1) is 10.4. The molecule has 6 aliphatic carbocycles. The average Bonchev–Trinajstić information content (AvgIpc) is 3.01. The molecule has 4 nitrogen and oxygen atoms in total. The summed E-state index contributed by atoms with van der Waals surface area (Å²) in [6.45, 7) is 0.357. The third-order valence-electron chi connectivity index (χ3n) is 7.27. The molecule has 1 N–H and O–H groups in total. The lowest BCUT2D eigenvalue weighted by atomic mass is 9.10. The number of carbonyl (C=O) groups is 1. The molecule has 7 fully saturated rings. The summed E-state index contributed by atoms with van der Waals surface area (Å²) >= 11 is 47.4. The maximum absolute atomic E-state index is 12.1. The second-order valence-corrected chi connectivity index (χ2v) is 10.9. The fourth-order valence-corrected chi connectivity index (χ4v) is 13.8. The van der Waals surface area contributed by atoms with Crippen molar-refractivity contribution < 1.29 is 19.4 Å². The Morgan fingerprint density at radius 3 is 1.43 bits per heavy atom. The van der Waals surface area contributed by atoms with Crippen LogP contribution in [0.15, 0.2) is 0 Å². The van der Waals surface area contributed by atoms with Gasteiger partial charge in [0.15, 0.2) is 0 Å². The second-order valence-electron chi connectivity index (χ2n) is 6.98. The SMILES string of the molecule is O=C(O)C12C3(Cl)[C@]4(Cl)C5(Cl)C6(OCCO6)C(Cl)([C@@]14Cl)[C@]2(Cl)[C@@]53Cl. The zero-order valence-electron chi connectivity index (χ0n) is 10.7. The van der Waals surface area contributed by atoms with Crippen LogP contribution in [-0.2, 0) is 14.3 Å². The molecule has 1 spiro atoms. The van der Waals surface area contributed by atoms with Crippen molar-refractivity contribution in [3.8, 4) is 0 Å².